The second-order valence-corrected chi connectivity index (χ2v) is 9.01. The molecule has 5 nitrogen and oxygen atoms in total. The molecule has 2 saturated carbocycles. The molecule has 3 fully saturated rings. The summed E-state index contributed by atoms with van der Waals surface area (Å²) in [6.45, 7) is 7.24. The summed E-state index contributed by atoms with van der Waals surface area (Å²) in [5.41, 5.74) is 0.981. The van der Waals surface area contributed by atoms with Gasteiger partial charge in [0.2, 0.25) is 0 Å². The van der Waals surface area contributed by atoms with Gasteiger partial charge in [0.05, 0.1) is 22.8 Å². The van der Waals surface area contributed by atoms with Crippen molar-refractivity contribution in [1.29, 1.82) is 0 Å². The van der Waals surface area contributed by atoms with E-state index in [0.717, 1.165) is 25.1 Å². The van der Waals surface area contributed by atoms with Crippen molar-refractivity contribution in [2.24, 2.45) is 11.3 Å². The number of nitrogens with zero attached hydrogens (tertiary/aromatic N) is 1. The van der Waals surface area contributed by atoms with Crippen molar-refractivity contribution in [3.63, 3.8) is 0 Å². The summed E-state index contributed by atoms with van der Waals surface area (Å²) in [4.78, 5) is 17.1. The van der Waals surface area contributed by atoms with Crippen molar-refractivity contribution in [3.8, 4) is 0 Å². The normalized spacial score (nSPS) is 32.4. The number of rotatable bonds is 4. The Morgan fingerprint density at radius 2 is 2.21 bits per heavy atom. The highest BCUT2D eigenvalue weighted by Crippen LogP contribution is 2.51. The van der Waals surface area contributed by atoms with E-state index in [-0.39, 0.29) is 29.6 Å². The van der Waals surface area contributed by atoms with Gasteiger partial charge in [-0.3, -0.25) is 0 Å². The fourth-order valence-electron chi connectivity index (χ4n) is 4.29. The van der Waals surface area contributed by atoms with Crippen molar-refractivity contribution < 1.29 is 9.53 Å². The molecule has 1 aliphatic heterocycles. The Morgan fingerprint density at radius 3 is 2.96 bits per heavy atom. The van der Waals surface area contributed by atoms with E-state index in [1.165, 1.54) is 17.8 Å². The molecule has 24 heavy (non-hydrogen) atoms. The first-order chi connectivity index (χ1) is 11.5. The quantitative estimate of drug-likeness (QED) is 0.873. The Labute approximate surface area is 147 Å². The van der Waals surface area contributed by atoms with Gasteiger partial charge in [0.1, 0.15) is 0 Å². The number of thiazole rings is 1. The SMILES string of the molecule is C[C@H](NC(=O)N[C@@H]1[C@H]2CCCO[C@@H]2C1(C)C)c1csc(C2CC2)n1. The lowest BCUT2D eigenvalue weighted by molar-refractivity contribution is -0.189. The first kappa shape index (κ1) is 16.3. The van der Waals surface area contributed by atoms with Crippen LogP contribution in [0.1, 0.15) is 69.1 Å². The number of aromatic nitrogens is 1. The molecule has 2 heterocycles. The van der Waals surface area contributed by atoms with Gasteiger partial charge in [-0.2, -0.15) is 0 Å². The molecule has 2 aliphatic carbocycles. The summed E-state index contributed by atoms with van der Waals surface area (Å²) < 4.78 is 5.91. The number of nitrogens with one attached hydrogen (secondary N) is 2. The molecule has 132 valence electrons. The Hall–Kier alpha value is -1.14. The van der Waals surface area contributed by atoms with Crippen LogP contribution in [0.5, 0.6) is 0 Å². The molecular weight excluding hydrogens is 322 g/mol. The summed E-state index contributed by atoms with van der Waals surface area (Å²) in [6, 6.07) is 0.0355. The molecule has 0 radical (unpaired) electrons. The summed E-state index contributed by atoms with van der Waals surface area (Å²) in [5, 5.41) is 9.55. The smallest absolute Gasteiger partial charge is 0.315 e. The van der Waals surface area contributed by atoms with E-state index in [0.29, 0.717) is 11.8 Å². The molecule has 1 aromatic rings. The van der Waals surface area contributed by atoms with Crippen LogP contribution < -0.4 is 10.6 Å². The lowest BCUT2D eigenvalue weighted by atomic mass is 9.55. The molecule has 2 amide bonds. The summed E-state index contributed by atoms with van der Waals surface area (Å²) in [5.74, 6) is 1.12. The molecule has 0 bridgehead atoms. The van der Waals surface area contributed by atoms with E-state index in [1.54, 1.807) is 11.3 Å². The number of amides is 2. The Kier molecular flexibility index (Phi) is 4.07. The lowest BCUT2D eigenvalue weighted by Crippen LogP contribution is -2.70. The van der Waals surface area contributed by atoms with Gasteiger partial charge in [-0.15, -0.1) is 11.3 Å². The van der Waals surface area contributed by atoms with Crippen LogP contribution in [-0.2, 0) is 4.74 Å². The predicted molar refractivity (Wildman–Crippen MR) is 94.2 cm³/mol. The minimum Gasteiger partial charge on any atom is -0.377 e. The van der Waals surface area contributed by atoms with E-state index < -0.39 is 0 Å². The first-order valence-electron chi connectivity index (χ1n) is 9.11. The van der Waals surface area contributed by atoms with Crippen molar-refractivity contribution in [3.05, 3.63) is 16.1 Å². The van der Waals surface area contributed by atoms with E-state index in [9.17, 15) is 4.79 Å². The van der Waals surface area contributed by atoms with Crippen molar-refractivity contribution in [2.75, 3.05) is 6.61 Å². The zero-order chi connectivity index (χ0) is 16.9. The monoisotopic (exact) mass is 349 g/mol. The largest absolute Gasteiger partial charge is 0.377 e. The number of carbonyl (C=O) groups is 1. The number of urea groups is 1. The number of ether oxygens (including phenoxy) is 1. The van der Waals surface area contributed by atoms with Gasteiger partial charge in [0.15, 0.2) is 0 Å². The maximum atomic E-state index is 12.5. The number of hydrogen-bond donors (Lipinski definition) is 2. The molecule has 3 aliphatic rings. The van der Waals surface area contributed by atoms with Crippen LogP contribution in [0.4, 0.5) is 4.79 Å². The van der Waals surface area contributed by atoms with Crippen LogP contribution in [0.15, 0.2) is 5.38 Å². The van der Waals surface area contributed by atoms with Crippen molar-refractivity contribution >= 4 is 17.4 Å². The molecule has 1 aromatic heterocycles. The number of hydrogen-bond acceptors (Lipinski definition) is 4. The molecule has 0 unspecified atom stereocenters. The van der Waals surface area contributed by atoms with E-state index in [1.807, 2.05) is 6.92 Å². The Morgan fingerprint density at radius 1 is 1.42 bits per heavy atom. The third kappa shape index (κ3) is 2.84. The molecule has 0 aromatic carbocycles. The fourth-order valence-corrected chi connectivity index (χ4v) is 5.37. The highest BCUT2D eigenvalue weighted by Gasteiger charge is 2.58. The third-order valence-electron chi connectivity index (χ3n) is 5.88. The summed E-state index contributed by atoms with van der Waals surface area (Å²) in [7, 11) is 0. The van der Waals surface area contributed by atoms with Gasteiger partial charge < -0.3 is 15.4 Å². The van der Waals surface area contributed by atoms with Crippen LogP contribution in [0.3, 0.4) is 0 Å². The molecular formula is C18H27N3O2S. The average molecular weight is 350 g/mol. The molecule has 1 saturated heterocycles. The zero-order valence-electron chi connectivity index (χ0n) is 14.7. The highest BCUT2D eigenvalue weighted by molar-refractivity contribution is 7.09. The van der Waals surface area contributed by atoms with Crippen LogP contribution in [0, 0.1) is 11.3 Å². The van der Waals surface area contributed by atoms with Gasteiger partial charge in [0, 0.05) is 35.3 Å². The van der Waals surface area contributed by atoms with Crippen LogP contribution in [0.2, 0.25) is 0 Å². The topological polar surface area (TPSA) is 63.2 Å². The maximum absolute atomic E-state index is 12.5. The number of carbonyl (C=O) groups excluding carboxylic acids is 1. The molecule has 0 spiro atoms. The van der Waals surface area contributed by atoms with E-state index in [2.05, 4.69) is 34.8 Å². The van der Waals surface area contributed by atoms with Gasteiger partial charge in [-0.05, 0) is 32.6 Å². The number of fused-ring (bicyclic) bond motifs is 1. The van der Waals surface area contributed by atoms with Crippen molar-refractivity contribution in [2.45, 2.75) is 70.6 Å². The average Bonchev–Trinajstić information content (AvgIpc) is 3.29. The van der Waals surface area contributed by atoms with Gasteiger partial charge in [-0.25, -0.2) is 9.78 Å². The van der Waals surface area contributed by atoms with Gasteiger partial charge in [-0.1, -0.05) is 13.8 Å². The highest BCUT2D eigenvalue weighted by atomic mass is 32.1. The predicted octanol–water partition coefficient (Wildman–Crippen LogP) is 3.58. The molecule has 2 N–H and O–H groups in total. The van der Waals surface area contributed by atoms with E-state index in [4.69, 9.17) is 4.74 Å². The Balaban J connectivity index is 1.34. The summed E-state index contributed by atoms with van der Waals surface area (Å²) in [6.07, 6.45) is 5.04. The lowest BCUT2D eigenvalue weighted by Gasteiger charge is -2.59. The second kappa shape index (κ2) is 5.99. The van der Waals surface area contributed by atoms with Crippen LogP contribution in [-0.4, -0.2) is 29.8 Å². The fraction of sp³-hybridized carbons (Fsp3) is 0.778. The van der Waals surface area contributed by atoms with Crippen LogP contribution in [0.25, 0.3) is 0 Å². The van der Waals surface area contributed by atoms with Gasteiger partial charge in [0.25, 0.3) is 0 Å². The maximum Gasteiger partial charge on any atom is 0.315 e. The third-order valence-corrected chi connectivity index (χ3v) is 6.90. The Bertz CT molecular complexity index is 626. The van der Waals surface area contributed by atoms with Gasteiger partial charge >= 0.3 is 6.03 Å². The summed E-state index contributed by atoms with van der Waals surface area (Å²) >= 11 is 1.72. The van der Waals surface area contributed by atoms with Crippen LogP contribution >= 0.6 is 11.3 Å². The molecule has 4 atom stereocenters. The van der Waals surface area contributed by atoms with E-state index >= 15 is 0 Å². The second-order valence-electron chi connectivity index (χ2n) is 8.12. The zero-order valence-corrected chi connectivity index (χ0v) is 15.5. The molecule has 4 rings (SSSR count). The standard InChI is InChI=1S/C18H27N3O2S/c1-10(13-9-24-16(20-13)11-6-7-11)19-17(22)21-14-12-5-4-8-23-15(12)18(14,2)3/h9-12,14-15H,4-8H2,1-3H3,(H2,19,21,22)/t10-,12+,14+,15-/m0/s1. The first-order valence-corrected chi connectivity index (χ1v) is 9.98. The van der Waals surface area contributed by atoms with Crippen molar-refractivity contribution in [1.82, 2.24) is 15.6 Å². The minimum atomic E-state index is -0.0921. The minimum absolute atomic E-state index is 0.00540. The molecule has 6 heteroatoms.